The van der Waals surface area contributed by atoms with Gasteiger partial charge in [0.2, 0.25) is 0 Å². The Kier molecular flexibility index (Phi) is 4.63. The molecule has 4 rings (SSSR count). The number of aromatic nitrogens is 1. The van der Waals surface area contributed by atoms with E-state index in [9.17, 15) is 9.50 Å². The fourth-order valence-corrected chi connectivity index (χ4v) is 4.08. The first-order chi connectivity index (χ1) is 12.6. The molecule has 1 atom stereocenters. The summed E-state index contributed by atoms with van der Waals surface area (Å²) in [5.41, 5.74) is 2.89. The lowest BCUT2D eigenvalue weighted by atomic mass is 9.99. The third-order valence-corrected chi connectivity index (χ3v) is 5.64. The van der Waals surface area contributed by atoms with Crippen LogP contribution in [0.3, 0.4) is 0 Å². The molecule has 1 unspecified atom stereocenters. The molecule has 1 aliphatic rings. The number of hydrogen-bond acceptors (Lipinski definition) is 5. The molecule has 3 heterocycles. The highest BCUT2D eigenvalue weighted by molar-refractivity contribution is 7.17. The molecule has 130 valence electrons. The average Bonchev–Trinajstić information content (AvgIpc) is 3.33. The second-order valence-corrected chi connectivity index (χ2v) is 7.22. The van der Waals surface area contributed by atoms with E-state index in [1.165, 1.54) is 23.5 Å². The van der Waals surface area contributed by atoms with Gasteiger partial charge in [-0.1, -0.05) is 17.7 Å². The molecule has 0 bridgehead atoms. The van der Waals surface area contributed by atoms with Gasteiger partial charge in [-0.2, -0.15) is 10.2 Å². The van der Waals surface area contributed by atoms with Crippen molar-refractivity contribution in [3.63, 3.8) is 0 Å². The average molecular weight is 386 g/mol. The normalized spacial score (nSPS) is 14.5. The molecule has 1 aliphatic heterocycles. The van der Waals surface area contributed by atoms with Gasteiger partial charge >= 0.3 is 0 Å². The van der Waals surface area contributed by atoms with E-state index >= 15 is 0 Å². The minimum Gasteiger partial charge on any atom is -0.384 e. The van der Waals surface area contributed by atoms with Crippen molar-refractivity contribution in [1.29, 1.82) is 0 Å². The summed E-state index contributed by atoms with van der Waals surface area (Å²) in [6, 6.07) is 10.0. The Morgan fingerprint density at radius 2 is 1.96 bits per heavy atom. The fourth-order valence-electron chi connectivity index (χ4n) is 2.77. The summed E-state index contributed by atoms with van der Waals surface area (Å²) in [7, 11) is 0. The Bertz CT molecular complexity index is 1020. The van der Waals surface area contributed by atoms with Gasteiger partial charge in [-0.25, -0.2) is 4.39 Å². The van der Waals surface area contributed by atoms with Crippen LogP contribution in [0.2, 0.25) is 5.02 Å². The van der Waals surface area contributed by atoms with E-state index in [4.69, 9.17) is 11.6 Å². The van der Waals surface area contributed by atoms with E-state index in [1.807, 2.05) is 18.2 Å². The van der Waals surface area contributed by atoms with Gasteiger partial charge in [-0.05, 0) is 41.5 Å². The summed E-state index contributed by atoms with van der Waals surface area (Å²) in [5, 5.41) is 19.0. The largest absolute Gasteiger partial charge is 0.384 e. The maximum absolute atomic E-state index is 13.8. The van der Waals surface area contributed by atoms with Crippen LogP contribution in [0.15, 0.2) is 59.0 Å². The van der Waals surface area contributed by atoms with E-state index in [2.05, 4.69) is 15.2 Å². The number of aliphatic hydroxyl groups is 1. The van der Waals surface area contributed by atoms with Gasteiger partial charge in [0.15, 0.2) is 0 Å². The van der Waals surface area contributed by atoms with Crippen LogP contribution in [-0.2, 0) is 0 Å². The number of halogens is 2. The highest BCUT2D eigenvalue weighted by Crippen LogP contribution is 2.38. The lowest BCUT2D eigenvalue weighted by Crippen LogP contribution is -2.05. The van der Waals surface area contributed by atoms with Gasteiger partial charge in [0.1, 0.15) is 11.9 Å². The van der Waals surface area contributed by atoms with Gasteiger partial charge in [0, 0.05) is 35.5 Å². The van der Waals surface area contributed by atoms with E-state index in [-0.39, 0.29) is 5.02 Å². The molecule has 0 fully saturated rings. The summed E-state index contributed by atoms with van der Waals surface area (Å²) in [6.07, 6.45) is 4.77. The number of rotatable bonds is 4. The van der Waals surface area contributed by atoms with Crippen molar-refractivity contribution in [2.24, 2.45) is 10.2 Å². The highest BCUT2D eigenvalue weighted by atomic mass is 35.5. The summed E-state index contributed by atoms with van der Waals surface area (Å²) >= 11 is 7.28. The van der Waals surface area contributed by atoms with E-state index in [1.54, 1.807) is 24.7 Å². The van der Waals surface area contributed by atoms with Gasteiger partial charge < -0.3 is 5.11 Å². The molecule has 0 radical (unpaired) electrons. The van der Waals surface area contributed by atoms with Crippen LogP contribution < -0.4 is 0 Å². The zero-order chi connectivity index (χ0) is 18.1. The standard InChI is InChI=1S/C19H13ClFN3OS/c20-14-2-1-12(9-15(14)21)18(25)13-10-17(11-3-6-22-7-4-11)26-19(13)16-5-8-23-24-16/h1-4,6-10,18,25H,5H2. The van der Waals surface area contributed by atoms with Crippen LogP contribution in [0.25, 0.3) is 10.4 Å². The second-order valence-electron chi connectivity index (χ2n) is 5.76. The number of nitrogens with zero attached hydrogens (tertiary/aromatic N) is 3. The number of thiophene rings is 1. The summed E-state index contributed by atoms with van der Waals surface area (Å²) in [5.74, 6) is -0.559. The van der Waals surface area contributed by atoms with E-state index in [0.717, 1.165) is 21.0 Å². The van der Waals surface area contributed by atoms with Crippen LogP contribution >= 0.6 is 22.9 Å². The molecule has 1 N–H and O–H groups in total. The SMILES string of the molecule is OC(c1ccc(Cl)c(F)c1)c1cc(-c2ccncc2)sc1C1=NN=CC1. The van der Waals surface area contributed by atoms with Crippen molar-refractivity contribution < 1.29 is 9.50 Å². The van der Waals surface area contributed by atoms with E-state index < -0.39 is 11.9 Å². The summed E-state index contributed by atoms with van der Waals surface area (Å²) < 4.78 is 13.8. The Balaban J connectivity index is 1.80. The summed E-state index contributed by atoms with van der Waals surface area (Å²) in [4.78, 5) is 5.85. The minimum atomic E-state index is -0.994. The number of benzene rings is 1. The second kappa shape index (κ2) is 7.07. The van der Waals surface area contributed by atoms with Crippen LogP contribution in [-0.4, -0.2) is 22.0 Å². The van der Waals surface area contributed by atoms with Crippen molar-refractivity contribution >= 4 is 34.9 Å². The van der Waals surface area contributed by atoms with Crippen LogP contribution in [0, 0.1) is 5.82 Å². The van der Waals surface area contributed by atoms with Gasteiger partial charge in [0.25, 0.3) is 0 Å². The molecule has 0 saturated carbocycles. The first kappa shape index (κ1) is 17.0. The first-order valence-electron chi connectivity index (χ1n) is 7.89. The van der Waals surface area contributed by atoms with Crippen molar-refractivity contribution in [2.75, 3.05) is 0 Å². The summed E-state index contributed by atoms with van der Waals surface area (Å²) in [6.45, 7) is 0. The molecular formula is C19H13ClFN3OS. The first-order valence-corrected chi connectivity index (χ1v) is 9.09. The molecule has 0 spiro atoms. The Hall–Kier alpha value is -2.41. The molecule has 26 heavy (non-hydrogen) atoms. The minimum absolute atomic E-state index is 0.0255. The van der Waals surface area contributed by atoms with E-state index in [0.29, 0.717) is 17.5 Å². The van der Waals surface area contributed by atoms with Crippen molar-refractivity contribution in [3.8, 4) is 10.4 Å². The number of hydrogen-bond donors (Lipinski definition) is 1. The lowest BCUT2D eigenvalue weighted by molar-refractivity contribution is 0.220. The quantitative estimate of drug-likeness (QED) is 0.697. The third-order valence-electron chi connectivity index (χ3n) is 4.09. The maximum atomic E-state index is 13.8. The number of pyridine rings is 1. The van der Waals surface area contributed by atoms with Gasteiger partial charge in [-0.15, -0.1) is 11.3 Å². The molecule has 7 heteroatoms. The molecule has 0 amide bonds. The molecule has 0 aliphatic carbocycles. The fraction of sp³-hybridized carbons (Fsp3) is 0.105. The predicted molar refractivity (Wildman–Crippen MR) is 103 cm³/mol. The third kappa shape index (κ3) is 3.19. The molecule has 1 aromatic carbocycles. The predicted octanol–water partition coefficient (Wildman–Crippen LogP) is 4.86. The molecule has 3 aromatic rings. The monoisotopic (exact) mass is 385 g/mol. The Morgan fingerprint density at radius 1 is 1.15 bits per heavy atom. The van der Waals surface area contributed by atoms with Crippen LogP contribution in [0.4, 0.5) is 4.39 Å². The molecule has 4 nitrogen and oxygen atoms in total. The van der Waals surface area contributed by atoms with Gasteiger partial charge in [0.05, 0.1) is 15.6 Å². The molecule has 0 saturated heterocycles. The topological polar surface area (TPSA) is 57.8 Å². The highest BCUT2D eigenvalue weighted by Gasteiger charge is 2.23. The van der Waals surface area contributed by atoms with Crippen molar-refractivity contribution in [1.82, 2.24) is 4.98 Å². The zero-order valence-corrected chi connectivity index (χ0v) is 15.0. The van der Waals surface area contributed by atoms with Crippen molar-refractivity contribution in [2.45, 2.75) is 12.5 Å². The Labute approximate surface area is 158 Å². The Morgan fingerprint density at radius 3 is 2.65 bits per heavy atom. The zero-order valence-electron chi connectivity index (χ0n) is 13.4. The van der Waals surface area contributed by atoms with Gasteiger partial charge in [-0.3, -0.25) is 4.98 Å². The number of aliphatic hydroxyl groups excluding tert-OH is 1. The maximum Gasteiger partial charge on any atom is 0.142 e. The smallest absolute Gasteiger partial charge is 0.142 e. The van der Waals surface area contributed by atoms with Crippen LogP contribution in [0.1, 0.15) is 28.5 Å². The molecular weight excluding hydrogens is 373 g/mol. The van der Waals surface area contributed by atoms with Crippen molar-refractivity contribution in [3.05, 3.63) is 75.6 Å². The van der Waals surface area contributed by atoms with Crippen LogP contribution in [0.5, 0.6) is 0 Å². The lowest BCUT2D eigenvalue weighted by Gasteiger charge is -2.12. The molecule has 2 aromatic heterocycles.